The zero-order chi connectivity index (χ0) is 10.7. The van der Waals surface area contributed by atoms with Crippen LogP contribution in [0, 0.1) is 0 Å². The Morgan fingerprint density at radius 3 is 2.73 bits per heavy atom. The Morgan fingerprint density at radius 2 is 2.07 bits per heavy atom. The van der Waals surface area contributed by atoms with Crippen molar-refractivity contribution in [1.29, 1.82) is 0 Å². The summed E-state index contributed by atoms with van der Waals surface area (Å²) in [6.07, 6.45) is 3.57. The summed E-state index contributed by atoms with van der Waals surface area (Å²) in [6, 6.07) is 10.7. The van der Waals surface area contributed by atoms with E-state index in [1.54, 1.807) is 0 Å². The molecule has 1 aromatic carbocycles. The Balaban J connectivity index is 1.89. The van der Waals surface area contributed by atoms with Crippen LogP contribution in [-0.2, 0) is 4.74 Å². The van der Waals surface area contributed by atoms with Gasteiger partial charge in [0.1, 0.15) is 0 Å². The van der Waals surface area contributed by atoms with Crippen LogP contribution in [0.4, 0.5) is 0 Å². The zero-order valence-corrected chi connectivity index (χ0v) is 9.70. The molecule has 0 aliphatic heterocycles. The van der Waals surface area contributed by atoms with Crippen LogP contribution >= 0.6 is 0 Å². The van der Waals surface area contributed by atoms with Gasteiger partial charge in [-0.05, 0) is 25.3 Å². The summed E-state index contributed by atoms with van der Waals surface area (Å²) in [5.41, 5.74) is 1.55. The SMILES string of the molecule is CCCCOC1(C)CC1c1ccccc1. The number of ether oxygens (including phenoxy) is 1. The molecular formula is C14H20O. The summed E-state index contributed by atoms with van der Waals surface area (Å²) < 4.78 is 5.95. The van der Waals surface area contributed by atoms with E-state index in [9.17, 15) is 0 Å². The van der Waals surface area contributed by atoms with Crippen molar-refractivity contribution in [3.8, 4) is 0 Å². The zero-order valence-electron chi connectivity index (χ0n) is 9.70. The number of unbranched alkanes of at least 4 members (excludes halogenated alkanes) is 1. The summed E-state index contributed by atoms with van der Waals surface area (Å²) >= 11 is 0. The minimum atomic E-state index is 0.122. The summed E-state index contributed by atoms with van der Waals surface area (Å²) in [5.74, 6) is 0.621. The lowest BCUT2D eigenvalue weighted by molar-refractivity contribution is 0.0398. The fourth-order valence-electron chi connectivity index (χ4n) is 2.11. The predicted octanol–water partition coefficient (Wildman–Crippen LogP) is 3.75. The molecule has 0 spiro atoms. The van der Waals surface area contributed by atoms with Crippen LogP contribution in [0.3, 0.4) is 0 Å². The molecule has 1 aliphatic carbocycles. The van der Waals surface area contributed by atoms with Gasteiger partial charge in [0.15, 0.2) is 0 Å². The van der Waals surface area contributed by atoms with Crippen molar-refractivity contribution >= 4 is 0 Å². The van der Waals surface area contributed by atoms with Gasteiger partial charge in [0, 0.05) is 12.5 Å². The second-order valence-electron chi connectivity index (χ2n) is 4.68. The highest BCUT2D eigenvalue weighted by molar-refractivity contribution is 5.30. The second kappa shape index (κ2) is 4.36. The van der Waals surface area contributed by atoms with Gasteiger partial charge in [-0.25, -0.2) is 0 Å². The molecule has 1 fully saturated rings. The highest BCUT2D eigenvalue weighted by Gasteiger charge is 2.51. The topological polar surface area (TPSA) is 9.23 Å². The van der Waals surface area contributed by atoms with Gasteiger partial charge in [-0.3, -0.25) is 0 Å². The average molecular weight is 204 g/mol. The Morgan fingerprint density at radius 1 is 1.33 bits per heavy atom. The Hall–Kier alpha value is -0.820. The van der Waals surface area contributed by atoms with Crippen LogP contribution in [0.25, 0.3) is 0 Å². The van der Waals surface area contributed by atoms with E-state index in [2.05, 4.69) is 44.2 Å². The van der Waals surface area contributed by atoms with Crippen molar-refractivity contribution < 1.29 is 4.74 Å². The van der Waals surface area contributed by atoms with E-state index in [0.717, 1.165) is 6.61 Å². The van der Waals surface area contributed by atoms with Crippen LogP contribution < -0.4 is 0 Å². The third kappa shape index (κ3) is 2.40. The van der Waals surface area contributed by atoms with E-state index in [0.29, 0.717) is 5.92 Å². The van der Waals surface area contributed by atoms with Gasteiger partial charge >= 0.3 is 0 Å². The third-order valence-electron chi connectivity index (χ3n) is 3.32. The fourth-order valence-corrected chi connectivity index (χ4v) is 2.11. The second-order valence-corrected chi connectivity index (χ2v) is 4.68. The lowest BCUT2D eigenvalue weighted by atomic mass is 10.1. The minimum absolute atomic E-state index is 0.122. The number of benzene rings is 1. The maximum atomic E-state index is 5.95. The van der Waals surface area contributed by atoms with Crippen molar-refractivity contribution in [3.05, 3.63) is 35.9 Å². The molecular weight excluding hydrogens is 184 g/mol. The van der Waals surface area contributed by atoms with Crippen LogP contribution in [-0.4, -0.2) is 12.2 Å². The highest BCUT2D eigenvalue weighted by atomic mass is 16.5. The van der Waals surface area contributed by atoms with Crippen LogP contribution in [0.15, 0.2) is 30.3 Å². The van der Waals surface area contributed by atoms with E-state index in [1.807, 2.05) is 0 Å². The minimum Gasteiger partial charge on any atom is -0.375 e. The monoisotopic (exact) mass is 204 g/mol. The molecule has 0 N–H and O–H groups in total. The smallest absolute Gasteiger partial charge is 0.0730 e. The van der Waals surface area contributed by atoms with Crippen molar-refractivity contribution in [1.82, 2.24) is 0 Å². The molecule has 0 aromatic heterocycles. The van der Waals surface area contributed by atoms with E-state index in [1.165, 1.54) is 24.8 Å². The first-order valence-electron chi connectivity index (χ1n) is 5.95. The Labute approximate surface area is 92.5 Å². The average Bonchev–Trinajstić information content (AvgIpc) is 2.93. The number of hydrogen-bond donors (Lipinski definition) is 0. The summed E-state index contributed by atoms with van der Waals surface area (Å²) in [4.78, 5) is 0. The molecule has 1 heteroatoms. The van der Waals surface area contributed by atoms with Gasteiger partial charge in [0.05, 0.1) is 5.60 Å². The standard InChI is InChI=1S/C14H20O/c1-3-4-10-15-14(2)11-13(14)12-8-6-5-7-9-12/h5-9,13H,3-4,10-11H2,1-2H3. The Kier molecular flexibility index (Phi) is 3.11. The van der Waals surface area contributed by atoms with Gasteiger partial charge in [-0.2, -0.15) is 0 Å². The van der Waals surface area contributed by atoms with Gasteiger partial charge in [0.2, 0.25) is 0 Å². The summed E-state index contributed by atoms with van der Waals surface area (Å²) in [6.45, 7) is 5.35. The molecule has 2 atom stereocenters. The maximum absolute atomic E-state index is 5.95. The third-order valence-corrected chi connectivity index (χ3v) is 3.32. The van der Waals surface area contributed by atoms with Gasteiger partial charge in [0.25, 0.3) is 0 Å². The normalized spacial score (nSPS) is 29.1. The molecule has 15 heavy (non-hydrogen) atoms. The number of hydrogen-bond acceptors (Lipinski definition) is 1. The van der Waals surface area contributed by atoms with Gasteiger partial charge in [-0.15, -0.1) is 0 Å². The van der Waals surface area contributed by atoms with Gasteiger partial charge in [-0.1, -0.05) is 43.7 Å². The molecule has 0 saturated heterocycles. The molecule has 82 valence electrons. The molecule has 1 saturated carbocycles. The highest BCUT2D eigenvalue weighted by Crippen LogP contribution is 2.53. The van der Waals surface area contributed by atoms with Crippen molar-refractivity contribution in [3.63, 3.8) is 0 Å². The van der Waals surface area contributed by atoms with Crippen LogP contribution in [0.5, 0.6) is 0 Å². The first-order chi connectivity index (χ1) is 7.26. The largest absolute Gasteiger partial charge is 0.375 e. The van der Waals surface area contributed by atoms with Crippen molar-refractivity contribution in [2.45, 2.75) is 44.6 Å². The molecule has 2 unspecified atom stereocenters. The Bertz CT molecular complexity index is 306. The first kappa shape index (κ1) is 10.7. The fraction of sp³-hybridized carbons (Fsp3) is 0.571. The molecule has 2 rings (SSSR count). The molecule has 0 radical (unpaired) electrons. The van der Waals surface area contributed by atoms with Crippen LogP contribution in [0.1, 0.15) is 44.6 Å². The molecule has 1 nitrogen and oxygen atoms in total. The first-order valence-corrected chi connectivity index (χ1v) is 5.95. The summed E-state index contributed by atoms with van der Waals surface area (Å²) in [5, 5.41) is 0. The van der Waals surface area contributed by atoms with Crippen molar-refractivity contribution in [2.24, 2.45) is 0 Å². The lowest BCUT2D eigenvalue weighted by Crippen LogP contribution is -2.12. The molecule has 0 bridgehead atoms. The lowest BCUT2D eigenvalue weighted by Gasteiger charge is -2.12. The summed E-state index contributed by atoms with van der Waals surface area (Å²) in [7, 11) is 0. The van der Waals surface area contributed by atoms with E-state index >= 15 is 0 Å². The quantitative estimate of drug-likeness (QED) is 0.664. The molecule has 1 aromatic rings. The molecule has 1 aliphatic rings. The molecule has 0 amide bonds. The predicted molar refractivity (Wildman–Crippen MR) is 63.1 cm³/mol. The maximum Gasteiger partial charge on any atom is 0.0730 e. The van der Waals surface area contributed by atoms with E-state index in [4.69, 9.17) is 4.74 Å². The van der Waals surface area contributed by atoms with E-state index in [-0.39, 0.29) is 5.60 Å². The molecule has 0 heterocycles. The van der Waals surface area contributed by atoms with Crippen LogP contribution in [0.2, 0.25) is 0 Å². The van der Waals surface area contributed by atoms with Gasteiger partial charge < -0.3 is 4.74 Å². The van der Waals surface area contributed by atoms with Crippen molar-refractivity contribution in [2.75, 3.05) is 6.61 Å². The van der Waals surface area contributed by atoms with E-state index < -0.39 is 0 Å². The number of rotatable bonds is 5.